The summed E-state index contributed by atoms with van der Waals surface area (Å²) < 4.78 is 0. The molecule has 108 valence electrons. The molecule has 0 aliphatic carbocycles. The Bertz CT molecular complexity index is 754. The van der Waals surface area contributed by atoms with E-state index >= 15 is 0 Å². The van der Waals surface area contributed by atoms with E-state index in [1.807, 2.05) is 31.2 Å². The van der Waals surface area contributed by atoms with Gasteiger partial charge < -0.3 is 5.32 Å². The number of nitrogen functional groups attached to an aromatic ring is 1. The molecular formula is C14H16N6S. The third-order valence-corrected chi connectivity index (χ3v) is 4.06. The van der Waals surface area contributed by atoms with Crippen LogP contribution in [0, 0.1) is 6.92 Å². The summed E-state index contributed by atoms with van der Waals surface area (Å²) in [5, 5.41) is 7.50. The molecule has 0 saturated carbocycles. The summed E-state index contributed by atoms with van der Waals surface area (Å²) in [6, 6.07) is 7.84. The molecule has 2 aromatic heterocycles. The van der Waals surface area contributed by atoms with Crippen LogP contribution in [0.3, 0.4) is 0 Å². The first kappa shape index (κ1) is 13.7. The molecule has 2 heterocycles. The van der Waals surface area contributed by atoms with Gasteiger partial charge in [0.15, 0.2) is 0 Å². The van der Waals surface area contributed by atoms with Gasteiger partial charge in [0.2, 0.25) is 5.95 Å². The monoisotopic (exact) mass is 300 g/mol. The molecule has 0 atom stereocenters. The minimum atomic E-state index is 0.404. The Hall–Kier alpha value is -2.25. The zero-order valence-corrected chi connectivity index (χ0v) is 12.4. The highest BCUT2D eigenvalue weighted by Crippen LogP contribution is 2.21. The maximum atomic E-state index is 5.42. The Morgan fingerprint density at radius 2 is 2.05 bits per heavy atom. The van der Waals surface area contributed by atoms with Gasteiger partial charge in [-0.25, -0.2) is 15.8 Å². The topological polar surface area (TPSA) is 88.8 Å². The second-order valence-corrected chi connectivity index (χ2v) is 5.56. The lowest BCUT2D eigenvalue weighted by atomic mass is 10.2. The summed E-state index contributed by atoms with van der Waals surface area (Å²) in [5.74, 6) is 6.60. The minimum Gasteiger partial charge on any atom is -0.369 e. The second-order valence-electron chi connectivity index (χ2n) is 4.62. The molecule has 3 aromatic rings. The second kappa shape index (κ2) is 6.02. The van der Waals surface area contributed by atoms with Crippen molar-refractivity contribution in [2.75, 3.05) is 17.3 Å². The Balaban J connectivity index is 1.79. The lowest BCUT2D eigenvalue weighted by molar-refractivity contribution is 0.977. The standard InChI is InChI=1S/C14H16N6S/c1-9-8-21-12(17-9)6-7-16-13-10-4-2-3-5-11(10)18-14(19-13)20-15/h2-5,8H,6-7,15H2,1H3,(H2,16,18,19,20). The van der Waals surface area contributed by atoms with Gasteiger partial charge in [0, 0.05) is 29.4 Å². The number of anilines is 2. The van der Waals surface area contributed by atoms with E-state index in [2.05, 4.69) is 31.1 Å². The molecule has 7 heteroatoms. The van der Waals surface area contributed by atoms with Crippen molar-refractivity contribution < 1.29 is 0 Å². The van der Waals surface area contributed by atoms with E-state index in [0.29, 0.717) is 5.95 Å². The van der Waals surface area contributed by atoms with Crippen LogP contribution in [0.15, 0.2) is 29.6 Å². The zero-order valence-electron chi connectivity index (χ0n) is 11.6. The number of nitrogens with two attached hydrogens (primary N) is 1. The van der Waals surface area contributed by atoms with Crippen LogP contribution in [-0.2, 0) is 6.42 Å². The van der Waals surface area contributed by atoms with Gasteiger partial charge in [-0.2, -0.15) is 4.98 Å². The fourth-order valence-corrected chi connectivity index (χ4v) is 2.86. The third kappa shape index (κ3) is 3.09. The number of benzene rings is 1. The van der Waals surface area contributed by atoms with E-state index in [9.17, 15) is 0 Å². The molecule has 0 amide bonds. The van der Waals surface area contributed by atoms with Crippen LogP contribution in [0.25, 0.3) is 10.9 Å². The van der Waals surface area contributed by atoms with Crippen LogP contribution >= 0.6 is 11.3 Å². The van der Waals surface area contributed by atoms with Crippen LogP contribution in [0.4, 0.5) is 11.8 Å². The number of hydrogen-bond acceptors (Lipinski definition) is 7. The minimum absolute atomic E-state index is 0.404. The average Bonchev–Trinajstić information content (AvgIpc) is 2.92. The SMILES string of the molecule is Cc1csc(CCNc2nc(NN)nc3ccccc23)n1. The van der Waals surface area contributed by atoms with Gasteiger partial charge in [-0.3, -0.25) is 5.43 Å². The Labute approximate surface area is 126 Å². The predicted molar refractivity (Wildman–Crippen MR) is 86.4 cm³/mol. The average molecular weight is 300 g/mol. The first-order chi connectivity index (χ1) is 10.3. The number of para-hydroxylation sites is 1. The predicted octanol–water partition coefficient (Wildman–Crippen LogP) is 2.33. The highest BCUT2D eigenvalue weighted by Gasteiger charge is 2.06. The van der Waals surface area contributed by atoms with Crippen LogP contribution in [0.1, 0.15) is 10.7 Å². The van der Waals surface area contributed by atoms with Crippen LogP contribution in [0.2, 0.25) is 0 Å². The number of rotatable bonds is 5. The van der Waals surface area contributed by atoms with Crippen LogP contribution in [0.5, 0.6) is 0 Å². The van der Waals surface area contributed by atoms with Crippen molar-refractivity contribution in [3.8, 4) is 0 Å². The van der Waals surface area contributed by atoms with Gasteiger partial charge >= 0.3 is 0 Å². The molecular weight excluding hydrogens is 284 g/mol. The summed E-state index contributed by atoms with van der Waals surface area (Å²) >= 11 is 1.68. The summed E-state index contributed by atoms with van der Waals surface area (Å²) in [6.07, 6.45) is 0.863. The number of thiazole rings is 1. The molecule has 0 radical (unpaired) electrons. The number of hydrazine groups is 1. The number of fused-ring (bicyclic) bond motifs is 1. The van der Waals surface area contributed by atoms with Gasteiger partial charge in [-0.1, -0.05) is 12.1 Å². The molecule has 0 unspecified atom stereocenters. The van der Waals surface area contributed by atoms with Crippen LogP contribution < -0.4 is 16.6 Å². The third-order valence-electron chi connectivity index (χ3n) is 3.03. The first-order valence-corrected chi connectivity index (χ1v) is 7.52. The molecule has 1 aromatic carbocycles. The number of aromatic nitrogens is 3. The van der Waals surface area contributed by atoms with Gasteiger partial charge in [-0.05, 0) is 19.1 Å². The number of aryl methyl sites for hydroxylation is 1. The highest BCUT2D eigenvalue weighted by atomic mass is 32.1. The molecule has 0 fully saturated rings. The van der Waals surface area contributed by atoms with Crippen molar-refractivity contribution in [3.63, 3.8) is 0 Å². The molecule has 0 aliphatic rings. The van der Waals surface area contributed by atoms with E-state index < -0.39 is 0 Å². The van der Waals surface area contributed by atoms with Crippen molar-refractivity contribution >= 4 is 34.0 Å². The van der Waals surface area contributed by atoms with E-state index in [-0.39, 0.29) is 0 Å². The molecule has 0 spiro atoms. The maximum Gasteiger partial charge on any atom is 0.239 e. The summed E-state index contributed by atoms with van der Waals surface area (Å²) in [4.78, 5) is 13.2. The molecule has 0 aliphatic heterocycles. The molecule has 0 bridgehead atoms. The Kier molecular flexibility index (Phi) is 3.94. The molecule has 6 nitrogen and oxygen atoms in total. The van der Waals surface area contributed by atoms with Gasteiger partial charge in [0.1, 0.15) is 5.82 Å². The normalized spacial score (nSPS) is 10.8. The van der Waals surface area contributed by atoms with Crippen molar-refractivity contribution in [2.45, 2.75) is 13.3 Å². The van der Waals surface area contributed by atoms with E-state index in [0.717, 1.165) is 40.4 Å². The van der Waals surface area contributed by atoms with E-state index in [1.54, 1.807) is 11.3 Å². The fraction of sp³-hybridized carbons (Fsp3) is 0.214. The Morgan fingerprint density at radius 1 is 1.19 bits per heavy atom. The Morgan fingerprint density at radius 3 is 2.81 bits per heavy atom. The van der Waals surface area contributed by atoms with Crippen molar-refractivity contribution in [1.82, 2.24) is 15.0 Å². The smallest absolute Gasteiger partial charge is 0.239 e. The molecule has 0 saturated heterocycles. The first-order valence-electron chi connectivity index (χ1n) is 6.64. The largest absolute Gasteiger partial charge is 0.369 e. The lowest BCUT2D eigenvalue weighted by Gasteiger charge is -2.09. The highest BCUT2D eigenvalue weighted by molar-refractivity contribution is 7.09. The number of nitrogens with one attached hydrogen (secondary N) is 2. The van der Waals surface area contributed by atoms with Crippen molar-refractivity contribution in [1.29, 1.82) is 0 Å². The van der Waals surface area contributed by atoms with Crippen molar-refractivity contribution in [3.05, 3.63) is 40.3 Å². The molecule has 21 heavy (non-hydrogen) atoms. The van der Waals surface area contributed by atoms with Gasteiger partial charge in [0.25, 0.3) is 0 Å². The summed E-state index contributed by atoms with van der Waals surface area (Å²) in [5.41, 5.74) is 4.42. The number of hydrogen-bond donors (Lipinski definition) is 3. The number of nitrogens with zero attached hydrogens (tertiary/aromatic N) is 3. The summed E-state index contributed by atoms with van der Waals surface area (Å²) in [7, 11) is 0. The maximum absolute atomic E-state index is 5.42. The van der Waals surface area contributed by atoms with Crippen LogP contribution in [-0.4, -0.2) is 21.5 Å². The fourth-order valence-electron chi connectivity index (χ4n) is 2.08. The van der Waals surface area contributed by atoms with Gasteiger partial charge in [0.05, 0.1) is 10.5 Å². The lowest BCUT2D eigenvalue weighted by Crippen LogP contribution is -2.13. The van der Waals surface area contributed by atoms with Crippen molar-refractivity contribution in [2.24, 2.45) is 5.84 Å². The van der Waals surface area contributed by atoms with E-state index in [1.165, 1.54) is 0 Å². The van der Waals surface area contributed by atoms with Gasteiger partial charge in [-0.15, -0.1) is 11.3 Å². The quantitative estimate of drug-likeness (QED) is 0.495. The summed E-state index contributed by atoms with van der Waals surface area (Å²) in [6.45, 7) is 2.77. The molecule has 4 N–H and O–H groups in total. The zero-order chi connectivity index (χ0) is 14.7. The molecule has 3 rings (SSSR count). The van der Waals surface area contributed by atoms with E-state index in [4.69, 9.17) is 5.84 Å².